The van der Waals surface area contributed by atoms with Gasteiger partial charge in [0.25, 0.3) is 6.29 Å². The molecule has 0 saturated heterocycles. The van der Waals surface area contributed by atoms with E-state index in [9.17, 15) is 25.0 Å². The van der Waals surface area contributed by atoms with Gasteiger partial charge in [0.2, 0.25) is 0 Å². The summed E-state index contributed by atoms with van der Waals surface area (Å²) in [6, 6.07) is 0. The second-order valence-electron chi connectivity index (χ2n) is 6.46. The highest BCUT2D eigenvalue weighted by molar-refractivity contribution is 5.59. The molecule has 0 amide bonds. The fourth-order valence-electron chi connectivity index (χ4n) is 2.41. The standard InChI is InChI=1S/C22H32N2O5/c1-2-3-4-5-6-7-8-9-10-11-12-13-14-15-16-17-18-19-20-22(21-25,23(26)27)24(28)29/h3-4,6-7,9-10,12-13,15-16,21H,2,5,8,11,14,17-20H2,1H3/b4-3+,7-6+,10-9+,13-12+,16-15+. The van der Waals surface area contributed by atoms with Gasteiger partial charge >= 0.3 is 5.66 Å². The third kappa shape index (κ3) is 12.3. The molecule has 0 fully saturated rings. The molecule has 0 atom stereocenters. The zero-order valence-corrected chi connectivity index (χ0v) is 17.2. The highest BCUT2D eigenvalue weighted by atomic mass is 16.7. The molecular formula is C22H32N2O5. The molecule has 0 unspecified atom stereocenters. The Morgan fingerprint density at radius 3 is 1.48 bits per heavy atom. The van der Waals surface area contributed by atoms with Crippen LogP contribution in [-0.4, -0.2) is 21.8 Å². The number of carbonyl (C=O) groups excluding carboxylic acids is 1. The molecule has 160 valence electrons. The van der Waals surface area contributed by atoms with Gasteiger partial charge in [0.15, 0.2) is 0 Å². The Kier molecular flexibility index (Phi) is 15.6. The fourth-order valence-corrected chi connectivity index (χ4v) is 2.41. The van der Waals surface area contributed by atoms with Crippen LogP contribution in [0.2, 0.25) is 0 Å². The third-order valence-electron chi connectivity index (χ3n) is 4.14. The van der Waals surface area contributed by atoms with Crippen molar-refractivity contribution >= 4 is 6.29 Å². The summed E-state index contributed by atoms with van der Waals surface area (Å²) in [7, 11) is 0. The topological polar surface area (TPSA) is 103 Å². The number of nitro groups is 2. The van der Waals surface area contributed by atoms with Crippen molar-refractivity contribution in [3.8, 4) is 0 Å². The van der Waals surface area contributed by atoms with Gasteiger partial charge in [0.05, 0.1) is 6.42 Å². The van der Waals surface area contributed by atoms with E-state index in [0.717, 1.165) is 32.1 Å². The number of carbonyl (C=O) groups is 1. The zero-order valence-electron chi connectivity index (χ0n) is 17.2. The molecule has 7 heteroatoms. The van der Waals surface area contributed by atoms with Crippen LogP contribution in [0.5, 0.6) is 0 Å². The largest absolute Gasteiger partial charge is 0.512 e. The molecule has 0 N–H and O–H groups in total. The maximum Gasteiger partial charge on any atom is 0.512 e. The summed E-state index contributed by atoms with van der Waals surface area (Å²) in [4.78, 5) is 30.2. The van der Waals surface area contributed by atoms with E-state index in [2.05, 4.69) is 55.5 Å². The third-order valence-corrected chi connectivity index (χ3v) is 4.14. The smallest absolute Gasteiger partial charge is 0.287 e. The monoisotopic (exact) mass is 404 g/mol. The number of aldehydes is 1. The lowest BCUT2D eigenvalue weighted by Crippen LogP contribution is -2.47. The Bertz CT molecular complexity index is 619. The van der Waals surface area contributed by atoms with Crippen LogP contribution in [0.4, 0.5) is 0 Å². The first kappa shape index (κ1) is 26.2. The van der Waals surface area contributed by atoms with Crippen LogP contribution < -0.4 is 0 Å². The summed E-state index contributed by atoms with van der Waals surface area (Å²) in [6.07, 6.45) is 26.5. The van der Waals surface area contributed by atoms with Gasteiger partial charge in [-0.25, -0.2) is 0 Å². The fraction of sp³-hybridized carbons (Fsp3) is 0.500. The van der Waals surface area contributed by atoms with Gasteiger partial charge in [-0.15, -0.1) is 0 Å². The van der Waals surface area contributed by atoms with E-state index in [1.165, 1.54) is 0 Å². The maximum absolute atomic E-state index is 10.8. The summed E-state index contributed by atoms with van der Waals surface area (Å²) >= 11 is 0. The SMILES string of the molecule is CC/C=C/C/C=C/C/C=C/C/C=C/C/C=C/CCCCC(C=O)([N+](=O)[O-])[N+](=O)[O-]. The lowest BCUT2D eigenvalue weighted by atomic mass is 10.0. The van der Waals surface area contributed by atoms with Gasteiger partial charge < -0.3 is 0 Å². The molecule has 0 bridgehead atoms. The van der Waals surface area contributed by atoms with Crippen molar-refractivity contribution in [1.29, 1.82) is 0 Å². The van der Waals surface area contributed by atoms with Crippen molar-refractivity contribution in [2.24, 2.45) is 0 Å². The van der Waals surface area contributed by atoms with E-state index in [1.807, 2.05) is 12.2 Å². The molecule has 29 heavy (non-hydrogen) atoms. The number of unbranched alkanes of at least 4 members (excludes halogenated alkanes) is 2. The van der Waals surface area contributed by atoms with Crippen molar-refractivity contribution in [2.45, 2.75) is 70.4 Å². The van der Waals surface area contributed by atoms with E-state index in [-0.39, 0.29) is 19.1 Å². The minimum atomic E-state index is -2.71. The van der Waals surface area contributed by atoms with Crippen molar-refractivity contribution in [3.63, 3.8) is 0 Å². The predicted octanol–water partition coefficient (Wildman–Crippen LogP) is 5.75. The minimum absolute atomic E-state index is 0.177. The summed E-state index contributed by atoms with van der Waals surface area (Å²) in [5, 5.41) is 21.6. The van der Waals surface area contributed by atoms with Gasteiger partial charge in [-0.3, -0.25) is 25.0 Å². The maximum atomic E-state index is 10.8. The van der Waals surface area contributed by atoms with Crippen LogP contribution in [0.3, 0.4) is 0 Å². The highest BCUT2D eigenvalue weighted by Gasteiger charge is 2.55. The van der Waals surface area contributed by atoms with Gasteiger partial charge in [-0.1, -0.05) is 67.7 Å². The molecule has 0 rings (SSSR count). The molecule has 0 spiro atoms. The van der Waals surface area contributed by atoms with Gasteiger partial charge in [0.1, 0.15) is 9.85 Å². The van der Waals surface area contributed by atoms with Crippen molar-refractivity contribution < 1.29 is 14.6 Å². The van der Waals surface area contributed by atoms with Crippen LogP contribution in [0.25, 0.3) is 0 Å². The lowest BCUT2D eigenvalue weighted by molar-refractivity contribution is -0.774. The van der Waals surface area contributed by atoms with Crippen LogP contribution in [-0.2, 0) is 4.79 Å². The molecule has 0 aromatic carbocycles. The van der Waals surface area contributed by atoms with Crippen LogP contribution in [0, 0.1) is 20.2 Å². The zero-order chi connectivity index (χ0) is 21.8. The van der Waals surface area contributed by atoms with Crippen molar-refractivity contribution in [2.75, 3.05) is 0 Å². The van der Waals surface area contributed by atoms with E-state index < -0.39 is 15.5 Å². The first-order valence-corrected chi connectivity index (χ1v) is 10.0. The first-order chi connectivity index (χ1) is 14.0. The Morgan fingerprint density at radius 1 is 0.690 bits per heavy atom. The second kappa shape index (κ2) is 17.3. The van der Waals surface area contributed by atoms with Crippen LogP contribution in [0.1, 0.15) is 64.7 Å². The van der Waals surface area contributed by atoms with Crippen LogP contribution in [0.15, 0.2) is 60.8 Å². The van der Waals surface area contributed by atoms with E-state index in [4.69, 9.17) is 0 Å². The van der Waals surface area contributed by atoms with E-state index >= 15 is 0 Å². The number of hydrogen-bond acceptors (Lipinski definition) is 5. The van der Waals surface area contributed by atoms with Gasteiger partial charge in [-0.05, 0) is 51.4 Å². The van der Waals surface area contributed by atoms with Crippen molar-refractivity contribution in [3.05, 3.63) is 81.0 Å². The molecule has 0 aliphatic heterocycles. The number of rotatable bonds is 17. The average molecular weight is 405 g/mol. The number of hydrogen-bond donors (Lipinski definition) is 0. The summed E-state index contributed by atoms with van der Waals surface area (Å²) in [5.41, 5.74) is -2.71. The van der Waals surface area contributed by atoms with E-state index in [1.54, 1.807) is 0 Å². The Morgan fingerprint density at radius 2 is 1.10 bits per heavy atom. The molecule has 0 heterocycles. The first-order valence-electron chi connectivity index (χ1n) is 10.0. The molecular weight excluding hydrogens is 372 g/mol. The van der Waals surface area contributed by atoms with Crippen molar-refractivity contribution in [1.82, 2.24) is 0 Å². The summed E-state index contributed by atoms with van der Waals surface area (Å²) in [5.74, 6) is 0. The second-order valence-corrected chi connectivity index (χ2v) is 6.46. The molecule has 0 aliphatic carbocycles. The minimum Gasteiger partial charge on any atom is -0.287 e. The quantitative estimate of drug-likeness (QED) is 0.0767. The molecule has 0 radical (unpaired) electrons. The van der Waals surface area contributed by atoms with Gasteiger partial charge in [-0.2, -0.15) is 0 Å². The Balaban J connectivity index is 3.85. The molecule has 0 saturated carbocycles. The molecule has 7 nitrogen and oxygen atoms in total. The molecule has 0 aromatic rings. The number of nitrogens with zero attached hydrogens (tertiary/aromatic N) is 2. The van der Waals surface area contributed by atoms with Gasteiger partial charge in [0, 0.05) is 0 Å². The Hall–Kier alpha value is -2.83. The van der Waals surface area contributed by atoms with E-state index in [0.29, 0.717) is 12.8 Å². The van der Waals surface area contributed by atoms with Crippen LogP contribution >= 0.6 is 0 Å². The Labute approximate surface area is 172 Å². The number of allylic oxidation sites excluding steroid dienone is 10. The summed E-state index contributed by atoms with van der Waals surface area (Å²) < 4.78 is 0. The normalized spacial score (nSPS) is 12.9. The summed E-state index contributed by atoms with van der Waals surface area (Å²) in [6.45, 7) is 2.12. The highest BCUT2D eigenvalue weighted by Crippen LogP contribution is 2.18. The average Bonchev–Trinajstić information content (AvgIpc) is 2.69. The predicted molar refractivity (Wildman–Crippen MR) is 116 cm³/mol. The lowest BCUT2D eigenvalue weighted by Gasteiger charge is -2.10. The molecule has 0 aromatic heterocycles. The molecule has 0 aliphatic rings.